The SMILES string of the molecule is C[C@@H]1C[C@@H](C)C[NH+](CCC(=O)Nc2ccc3c(c2)CCC3)C1. The van der Waals surface area contributed by atoms with Crippen molar-refractivity contribution < 1.29 is 9.69 Å². The summed E-state index contributed by atoms with van der Waals surface area (Å²) in [5.74, 6) is 1.74. The van der Waals surface area contributed by atoms with Crippen LogP contribution in [0.2, 0.25) is 0 Å². The number of carbonyl (C=O) groups is 1. The van der Waals surface area contributed by atoms with Crippen LogP contribution in [0.1, 0.15) is 44.2 Å². The van der Waals surface area contributed by atoms with E-state index in [0.29, 0.717) is 6.42 Å². The number of rotatable bonds is 4. The van der Waals surface area contributed by atoms with Gasteiger partial charge in [0, 0.05) is 17.5 Å². The zero-order valence-corrected chi connectivity index (χ0v) is 14.0. The molecular formula is C19H29N2O+. The molecule has 120 valence electrons. The van der Waals surface area contributed by atoms with E-state index in [2.05, 4.69) is 37.4 Å². The van der Waals surface area contributed by atoms with Gasteiger partial charge < -0.3 is 10.2 Å². The highest BCUT2D eigenvalue weighted by atomic mass is 16.1. The summed E-state index contributed by atoms with van der Waals surface area (Å²) in [5, 5.41) is 3.08. The maximum Gasteiger partial charge on any atom is 0.230 e. The lowest BCUT2D eigenvalue weighted by molar-refractivity contribution is -0.911. The van der Waals surface area contributed by atoms with Crippen LogP contribution in [0.5, 0.6) is 0 Å². The monoisotopic (exact) mass is 301 g/mol. The maximum atomic E-state index is 12.2. The smallest absolute Gasteiger partial charge is 0.230 e. The van der Waals surface area contributed by atoms with Crippen LogP contribution < -0.4 is 10.2 Å². The van der Waals surface area contributed by atoms with E-state index in [1.54, 1.807) is 4.90 Å². The molecule has 2 atom stereocenters. The number of hydrogen-bond acceptors (Lipinski definition) is 1. The van der Waals surface area contributed by atoms with Crippen molar-refractivity contribution in [3.63, 3.8) is 0 Å². The molecule has 22 heavy (non-hydrogen) atoms. The lowest BCUT2D eigenvalue weighted by atomic mass is 9.92. The van der Waals surface area contributed by atoms with E-state index in [4.69, 9.17) is 0 Å². The van der Waals surface area contributed by atoms with Gasteiger partial charge in [0.15, 0.2) is 0 Å². The lowest BCUT2D eigenvalue weighted by Crippen LogP contribution is -3.14. The van der Waals surface area contributed by atoms with Gasteiger partial charge in [-0.2, -0.15) is 0 Å². The van der Waals surface area contributed by atoms with Crippen LogP contribution in [0.3, 0.4) is 0 Å². The van der Waals surface area contributed by atoms with E-state index in [-0.39, 0.29) is 5.91 Å². The molecule has 1 aromatic carbocycles. The Bertz CT molecular complexity index is 530. The zero-order chi connectivity index (χ0) is 15.5. The molecule has 2 N–H and O–H groups in total. The Balaban J connectivity index is 1.48. The van der Waals surface area contributed by atoms with E-state index >= 15 is 0 Å². The number of amides is 1. The molecule has 3 nitrogen and oxygen atoms in total. The van der Waals surface area contributed by atoms with Crippen molar-refractivity contribution in [3.05, 3.63) is 29.3 Å². The van der Waals surface area contributed by atoms with Crippen molar-refractivity contribution in [1.82, 2.24) is 0 Å². The molecule has 0 radical (unpaired) electrons. The van der Waals surface area contributed by atoms with Crippen molar-refractivity contribution in [1.29, 1.82) is 0 Å². The first-order valence-corrected chi connectivity index (χ1v) is 8.85. The fraction of sp³-hybridized carbons (Fsp3) is 0.632. The Kier molecular flexibility index (Phi) is 4.82. The average molecular weight is 301 g/mol. The quantitative estimate of drug-likeness (QED) is 0.877. The van der Waals surface area contributed by atoms with E-state index in [1.165, 1.54) is 43.5 Å². The van der Waals surface area contributed by atoms with Crippen LogP contribution in [0, 0.1) is 11.8 Å². The molecule has 0 saturated carbocycles. The number of aryl methyl sites for hydroxylation is 2. The summed E-state index contributed by atoms with van der Waals surface area (Å²) in [5.41, 5.74) is 3.85. The largest absolute Gasteiger partial charge is 0.334 e. The molecule has 1 heterocycles. The third kappa shape index (κ3) is 3.89. The molecule has 0 unspecified atom stereocenters. The van der Waals surface area contributed by atoms with E-state index < -0.39 is 0 Å². The molecule has 1 amide bonds. The first kappa shape index (κ1) is 15.5. The van der Waals surface area contributed by atoms with Crippen LogP contribution in [0.15, 0.2) is 18.2 Å². The molecule has 1 saturated heterocycles. The fourth-order valence-corrected chi connectivity index (χ4v) is 4.29. The summed E-state index contributed by atoms with van der Waals surface area (Å²) < 4.78 is 0. The van der Waals surface area contributed by atoms with E-state index in [0.717, 1.165) is 30.5 Å². The number of quaternary nitrogens is 1. The van der Waals surface area contributed by atoms with Crippen molar-refractivity contribution in [2.45, 2.75) is 46.0 Å². The molecule has 3 rings (SSSR count). The second kappa shape index (κ2) is 6.82. The number of carbonyl (C=O) groups excluding carboxylic acids is 1. The number of fused-ring (bicyclic) bond motifs is 1. The highest BCUT2D eigenvalue weighted by Gasteiger charge is 2.25. The van der Waals surface area contributed by atoms with Gasteiger partial charge in [0.05, 0.1) is 26.1 Å². The second-order valence-corrected chi connectivity index (χ2v) is 7.49. The van der Waals surface area contributed by atoms with Crippen molar-refractivity contribution in [2.24, 2.45) is 11.8 Å². The van der Waals surface area contributed by atoms with Crippen LogP contribution >= 0.6 is 0 Å². The molecule has 0 spiro atoms. The lowest BCUT2D eigenvalue weighted by Gasteiger charge is -2.31. The minimum Gasteiger partial charge on any atom is -0.334 e. The summed E-state index contributed by atoms with van der Waals surface area (Å²) in [6, 6.07) is 6.40. The molecule has 1 fully saturated rings. The number of likely N-dealkylation sites (tertiary alicyclic amines) is 1. The van der Waals surface area contributed by atoms with Crippen LogP contribution in [0.4, 0.5) is 5.69 Å². The fourth-order valence-electron chi connectivity index (χ4n) is 4.29. The minimum atomic E-state index is 0.163. The standard InChI is InChI=1S/C19H28N2O/c1-14-10-15(2)13-21(12-14)9-8-19(22)20-18-7-6-16-4-3-5-17(16)11-18/h6-7,11,14-15H,3-5,8-10,12-13H2,1-2H3,(H,20,22)/p+1/t14-,15-/m1/s1. The first-order valence-electron chi connectivity index (χ1n) is 8.85. The first-order chi connectivity index (χ1) is 10.6. The molecule has 2 aliphatic rings. The second-order valence-electron chi connectivity index (χ2n) is 7.49. The van der Waals surface area contributed by atoms with Gasteiger partial charge in [0.25, 0.3) is 0 Å². The molecule has 1 aromatic rings. The summed E-state index contributed by atoms with van der Waals surface area (Å²) in [6.07, 6.45) is 5.57. The molecule has 1 aliphatic carbocycles. The Morgan fingerprint density at radius 2 is 1.91 bits per heavy atom. The zero-order valence-electron chi connectivity index (χ0n) is 14.0. The number of nitrogens with one attached hydrogen (secondary N) is 2. The Morgan fingerprint density at radius 3 is 2.68 bits per heavy atom. The van der Waals surface area contributed by atoms with Crippen molar-refractivity contribution >= 4 is 11.6 Å². The van der Waals surface area contributed by atoms with Gasteiger partial charge in [-0.25, -0.2) is 0 Å². The van der Waals surface area contributed by atoms with Gasteiger partial charge >= 0.3 is 0 Å². The predicted molar refractivity (Wildman–Crippen MR) is 90.2 cm³/mol. The van der Waals surface area contributed by atoms with E-state index in [9.17, 15) is 4.79 Å². The molecule has 1 aliphatic heterocycles. The third-order valence-corrected chi connectivity index (χ3v) is 5.17. The molecule has 0 aromatic heterocycles. The summed E-state index contributed by atoms with van der Waals surface area (Å²) in [4.78, 5) is 13.8. The number of benzene rings is 1. The summed E-state index contributed by atoms with van der Waals surface area (Å²) in [7, 11) is 0. The van der Waals surface area contributed by atoms with Crippen LogP contribution in [-0.4, -0.2) is 25.5 Å². The Hall–Kier alpha value is -1.35. The highest BCUT2D eigenvalue weighted by Crippen LogP contribution is 2.24. The van der Waals surface area contributed by atoms with Crippen molar-refractivity contribution in [2.75, 3.05) is 25.0 Å². The van der Waals surface area contributed by atoms with Gasteiger partial charge in [-0.15, -0.1) is 0 Å². The Labute approximate surface area is 134 Å². The topological polar surface area (TPSA) is 33.5 Å². The normalized spacial score (nSPS) is 27.5. The summed E-state index contributed by atoms with van der Waals surface area (Å²) in [6.45, 7) is 8.07. The van der Waals surface area contributed by atoms with Crippen LogP contribution in [-0.2, 0) is 17.6 Å². The van der Waals surface area contributed by atoms with Gasteiger partial charge in [-0.3, -0.25) is 4.79 Å². The van der Waals surface area contributed by atoms with Gasteiger partial charge in [-0.05, 0) is 48.9 Å². The van der Waals surface area contributed by atoms with Crippen molar-refractivity contribution in [3.8, 4) is 0 Å². The number of hydrogen-bond donors (Lipinski definition) is 2. The maximum absolute atomic E-state index is 12.2. The van der Waals surface area contributed by atoms with Gasteiger partial charge in [-0.1, -0.05) is 19.9 Å². The predicted octanol–water partition coefficient (Wildman–Crippen LogP) is 2.06. The Morgan fingerprint density at radius 1 is 1.18 bits per heavy atom. The number of anilines is 1. The minimum absolute atomic E-state index is 0.163. The third-order valence-electron chi connectivity index (χ3n) is 5.17. The average Bonchev–Trinajstić information content (AvgIpc) is 2.92. The summed E-state index contributed by atoms with van der Waals surface area (Å²) >= 11 is 0. The highest BCUT2D eigenvalue weighted by molar-refractivity contribution is 5.90. The van der Waals surface area contributed by atoms with Gasteiger partial charge in [0.2, 0.25) is 5.91 Å². The molecule has 0 bridgehead atoms. The molecule has 3 heteroatoms. The van der Waals surface area contributed by atoms with E-state index in [1.807, 2.05) is 0 Å². The molecular weight excluding hydrogens is 272 g/mol. The van der Waals surface area contributed by atoms with Gasteiger partial charge in [0.1, 0.15) is 0 Å². The number of piperidine rings is 1. The van der Waals surface area contributed by atoms with Crippen LogP contribution in [0.25, 0.3) is 0 Å².